The van der Waals surface area contributed by atoms with Crippen molar-refractivity contribution in [3.05, 3.63) is 45.2 Å². The molecule has 128 valence electrons. The second-order valence-electron chi connectivity index (χ2n) is 4.96. The third-order valence-electron chi connectivity index (χ3n) is 3.36. The standard InChI is InChI=1S/C17H20N2O3S2/c1-5-22-16(21)14-11(3)19(4)17(24-14)18-15(20)12-8-7-9-13(10-12)23-6-2/h7-10H,5-6H2,1-4H3. The fraction of sp³-hybridized carbons (Fsp3) is 0.353. The average molecular weight is 364 g/mol. The number of nitrogens with zero attached hydrogens (tertiary/aromatic N) is 2. The Morgan fingerprint density at radius 1 is 1.33 bits per heavy atom. The van der Waals surface area contributed by atoms with Gasteiger partial charge in [0.05, 0.1) is 6.61 Å². The molecule has 0 N–H and O–H groups in total. The smallest absolute Gasteiger partial charge is 0.350 e. The first-order valence-electron chi connectivity index (χ1n) is 7.63. The summed E-state index contributed by atoms with van der Waals surface area (Å²) in [4.78, 5) is 30.6. The van der Waals surface area contributed by atoms with E-state index in [0.717, 1.165) is 16.3 Å². The van der Waals surface area contributed by atoms with Gasteiger partial charge in [-0.05, 0) is 37.8 Å². The highest BCUT2D eigenvalue weighted by Crippen LogP contribution is 2.19. The van der Waals surface area contributed by atoms with Gasteiger partial charge in [0, 0.05) is 23.2 Å². The van der Waals surface area contributed by atoms with Gasteiger partial charge in [-0.25, -0.2) is 4.79 Å². The summed E-state index contributed by atoms with van der Waals surface area (Å²) < 4.78 is 6.77. The van der Waals surface area contributed by atoms with Gasteiger partial charge in [0.1, 0.15) is 4.88 Å². The van der Waals surface area contributed by atoms with Crippen LogP contribution in [0.5, 0.6) is 0 Å². The van der Waals surface area contributed by atoms with Crippen molar-refractivity contribution in [3.63, 3.8) is 0 Å². The molecule has 1 aromatic heterocycles. The Morgan fingerprint density at radius 2 is 2.08 bits per heavy atom. The van der Waals surface area contributed by atoms with Gasteiger partial charge < -0.3 is 9.30 Å². The third kappa shape index (κ3) is 4.15. The predicted molar refractivity (Wildman–Crippen MR) is 96.7 cm³/mol. The van der Waals surface area contributed by atoms with Crippen LogP contribution in [0.4, 0.5) is 0 Å². The van der Waals surface area contributed by atoms with Crippen LogP contribution in [-0.2, 0) is 11.8 Å². The van der Waals surface area contributed by atoms with E-state index in [-0.39, 0.29) is 11.9 Å². The number of hydrogen-bond donors (Lipinski definition) is 0. The average Bonchev–Trinajstić information content (AvgIpc) is 2.84. The van der Waals surface area contributed by atoms with Crippen LogP contribution in [0.3, 0.4) is 0 Å². The molecule has 1 aromatic carbocycles. The largest absolute Gasteiger partial charge is 0.462 e. The molecule has 0 aliphatic carbocycles. The molecular weight excluding hydrogens is 344 g/mol. The Labute approximate surface area is 149 Å². The summed E-state index contributed by atoms with van der Waals surface area (Å²) in [7, 11) is 1.78. The fourth-order valence-corrected chi connectivity index (χ4v) is 3.78. The molecule has 1 heterocycles. The highest BCUT2D eigenvalue weighted by Gasteiger charge is 2.16. The topological polar surface area (TPSA) is 60.7 Å². The maximum Gasteiger partial charge on any atom is 0.350 e. The van der Waals surface area contributed by atoms with Crippen molar-refractivity contribution in [2.24, 2.45) is 12.0 Å². The van der Waals surface area contributed by atoms with Crippen LogP contribution in [0.2, 0.25) is 0 Å². The van der Waals surface area contributed by atoms with Gasteiger partial charge in [-0.3, -0.25) is 4.79 Å². The molecule has 7 heteroatoms. The Bertz CT molecular complexity index is 821. The zero-order valence-corrected chi connectivity index (χ0v) is 15.8. The van der Waals surface area contributed by atoms with E-state index in [1.165, 1.54) is 11.3 Å². The van der Waals surface area contributed by atoms with Gasteiger partial charge in [0.15, 0.2) is 4.80 Å². The number of thioether (sulfide) groups is 1. The summed E-state index contributed by atoms with van der Waals surface area (Å²) in [5.41, 5.74) is 1.28. The molecule has 0 saturated carbocycles. The van der Waals surface area contributed by atoms with E-state index in [2.05, 4.69) is 11.9 Å². The molecule has 5 nitrogen and oxygen atoms in total. The van der Waals surface area contributed by atoms with Gasteiger partial charge in [0.2, 0.25) is 0 Å². The summed E-state index contributed by atoms with van der Waals surface area (Å²) >= 11 is 2.84. The van der Waals surface area contributed by atoms with Crippen molar-refractivity contribution in [3.8, 4) is 0 Å². The third-order valence-corrected chi connectivity index (χ3v) is 5.45. The minimum Gasteiger partial charge on any atom is -0.462 e. The number of rotatable bonds is 5. The number of carbonyl (C=O) groups is 2. The van der Waals surface area contributed by atoms with Gasteiger partial charge >= 0.3 is 5.97 Å². The summed E-state index contributed by atoms with van der Waals surface area (Å²) in [6.45, 7) is 5.95. The van der Waals surface area contributed by atoms with E-state index >= 15 is 0 Å². The van der Waals surface area contributed by atoms with Crippen molar-refractivity contribution in [1.82, 2.24) is 4.57 Å². The number of esters is 1. The predicted octanol–water partition coefficient (Wildman–Crippen LogP) is 3.42. The first-order valence-corrected chi connectivity index (χ1v) is 9.43. The zero-order chi connectivity index (χ0) is 17.7. The van der Waals surface area contributed by atoms with Crippen LogP contribution >= 0.6 is 23.1 Å². The van der Waals surface area contributed by atoms with Crippen molar-refractivity contribution in [1.29, 1.82) is 0 Å². The lowest BCUT2D eigenvalue weighted by Crippen LogP contribution is -2.14. The Kier molecular flexibility index (Phi) is 6.39. The van der Waals surface area contributed by atoms with E-state index in [9.17, 15) is 9.59 Å². The molecule has 0 radical (unpaired) electrons. The number of aromatic nitrogens is 1. The second-order valence-corrected chi connectivity index (χ2v) is 7.27. The molecule has 0 aliphatic heterocycles. The number of hydrogen-bond acceptors (Lipinski definition) is 5. The normalized spacial score (nSPS) is 11.6. The highest BCUT2D eigenvalue weighted by molar-refractivity contribution is 7.99. The maximum absolute atomic E-state index is 12.4. The second kappa shape index (κ2) is 8.30. The summed E-state index contributed by atoms with van der Waals surface area (Å²) in [6, 6.07) is 7.41. The fourth-order valence-electron chi connectivity index (χ4n) is 2.05. The highest BCUT2D eigenvalue weighted by atomic mass is 32.2. The SMILES string of the molecule is CCOC(=O)c1sc(=NC(=O)c2cccc(SCC)c2)n(C)c1C. The lowest BCUT2D eigenvalue weighted by molar-refractivity contribution is 0.0530. The van der Waals surface area contributed by atoms with E-state index in [4.69, 9.17) is 4.74 Å². The van der Waals surface area contributed by atoms with Crippen molar-refractivity contribution >= 4 is 35.0 Å². The molecule has 0 atom stereocenters. The molecule has 1 amide bonds. The van der Waals surface area contributed by atoms with Crippen LogP contribution in [0, 0.1) is 6.92 Å². The first kappa shape index (κ1) is 18.5. The minimum atomic E-state index is -0.383. The van der Waals surface area contributed by atoms with E-state index in [0.29, 0.717) is 21.8 Å². The van der Waals surface area contributed by atoms with E-state index < -0.39 is 0 Å². The van der Waals surface area contributed by atoms with Crippen LogP contribution in [0.25, 0.3) is 0 Å². The molecule has 0 fully saturated rings. The Morgan fingerprint density at radius 3 is 2.75 bits per heavy atom. The molecule has 2 aromatic rings. The number of amides is 1. The number of benzene rings is 1. The first-order chi connectivity index (χ1) is 11.5. The van der Waals surface area contributed by atoms with E-state index in [1.54, 1.807) is 36.4 Å². The van der Waals surface area contributed by atoms with Crippen LogP contribution in [0.15, 0.2) is 34.2 Å². The van der Waals surface area contributed by atoms with Crippen LogP contribution in [-0.4, -0.2) is 28.8 Å². The summed E-state index contributed by atoms with van der Waals surface area (Å²) in [6.07, 6.45) is 0. The molecule has 0 saturated heterocycles. The summed E-state index contributed by atoms with van der Waals surface area (Å²) in [5.74, 6) is 0.239. The number of ether oxygens (including phenoxy) is 1. The quantitative estimate of drug-likeness (QED) is 0.602. The molecule has 0 bridgehead atoms. The van der Waals surface area contributed by atoms with Crippen LogP contribution in [0.1, 0.15) is 39.6 Å². The number of thiazole rings is 1. The monoisotopic (exact) mass is 364 g/mol. The Hall–Kier alpha value is -1.86. The lowest BCUT2D eigenvalue weighted by atomic mass is 10.2. The van der Waals surface area contributed by atoms with Gasteiger partial charge in [0.25, 0.3) is 5.91 Å². The maximum atomic E-state index is 12.4. The molecule has 0 aliphatic rings. The summed E-state index contributed by atoms with van der Waals surface area (Å²) in [5, 5.41) is 0. The van der Waals surface area contributed by atoms with Crippen LogP contribution < -0.4 is 4.80 Å². The molecule has 0 spiro atoms. The van der Waals surface area contributed by atoms with Gasteiger partial charge in [-0.2, -0.15) is 4.99 Å². The van der Waals surface area contributed by atoms with Gasteiger partial charge in [-0.1, -0.05) is 24.3 Å². The molecule has 24 heavy (non-hydrogen) atoms. The lowest BCUT2D eigenvalue weighted by Gasteiger charge is -2.01. The Balaban J connectivity index is 2.37. The molecule has 2 rings (SSSR count). The van der Waals surface area contributed by atoms with Crippen molar-refractivity contribution in [2.75, 3.05) is 12.4 Å². The molecular formula is C17H20N2O3S2. The number of carbonyl (C=O) groups excluding carboxylic acids is 2. The molecule has 0 unspecified atom stereocenters. The van der Waals surface area contributed by atoms with E-state index in [1.807, 2.05) is 25.1 Å². The van der Waals surface area contributed by atoms with Crippen molar-refractivity contribution < 1.29 is 14.3 Å². The van der Waals surface area contributed by atoms with Crippen molar-refractivity contribution in [2.45, 2.75) is 25.7 Å². The minimum absolute atomic E-state index is 0.313. The zero-order valence-electron chi connectivity index (χ0n) is 14.2. The van der Waals surface area contributed by atoms with Gasteiger partial charge in [-0.15, -0.1) is 11.8 Å².